The summed E-state index contributed by atoms with van der Waals surface area (Å²) in [6.07, 6.45) is 0. The molecule has 0 saturated carbocycles. The second-order valence-electron chi connectivity index (χ2n) is 5.13. The van der Waals surface area contributed by atoms with E-state index in [0.29, 0.717) is 17.1 Å². The molecule has 0 spiro atoms. The van der Waals surface area contributed by atoms with Gasteiger partial charge in [-0.25, -0.2) is 0 Å². The van der Waals surface area contributed by atoms with Crippen LogP contribution in [0.1, 0.15) is 16.7 Å². The molecule has 0 amide bonds. The zero-order valence-electron chi connectivity index (χ0n) is 14.1. The zero-order chi connectivity index (χ0) is 17.7. The summed E-state index contributed by atoms with van der Waals surface area (Å²) in [7, 11) is 2.96. The quantitative estimate of drug-likeness (QED) is 0.500. The molecule has 6 nitrogen and oxygen atoms in total. The van der Waals surface area contributed by atoms with Crippen molar-refractivity contribution in [1.82, 2.24) is 0 Å². The van der Waals surface area contributed by atoms with Gasteiger partial charge in [-0.2, -0.15) is 0 Å². The number of rotatable bonds is 2. The lowest BCUT2D eigenvalue weighted by Gasteiger charge is -2.12. The number of ether oxygens (including phenoxy) is 2. The Hall–Kier alpha value is -2.76. The fourth-order valence-corrected chi connectivity index (χ4v) is 1.94. The predicted octanol–water partition coefficient (Wildman–Crippen LogP) is 2.89. The van der Waals surface area contributed by atoms with Gasteiger partial charge in [-0.05, 0) is 49.6 Å². The molecule has 23 heavy (non-hydrogen) atoms. The Kier molecular flexibility index (Phi) is 5.95. The van der Waals surface area contributed by atoms with Gasteiger partial charge >= 0.3 is 0 Å². The number of aryl methyl sites for hydroxylation is 2. The fraction of sp³-hybridized carbons (Fsp3) is 0.294. The number of methoxy groups -OCH3 is 2. The van der Waals surface area contributed by atoms with E-state index in [9.17, 15) is 5.11 Å². The number of nitrogens with two attached hydrogens (primary N) is 2. The zero-order valence-corrected chi connectivity index (χ0v) is 14.1. The second-order valence-corrected chi connectivity index (χ2v) is 5.13. The van der Waals surface area contributed by atoms with Crippen molar-refractivity contribution in [1.29, 1.82) is 0 Å². The summed E-state index contributed by atoms with van der Waals surface area (Å²) < 4.78 is 9.96. The standard InChI is InChI=1S/C9H13NO3.C8H11NO/c1-5-4-6(12-2)9(13-3)8(11)7(5)10;1-5-3-4-7(10)8(9)6(5)2/h4,11H,10H2,1-3H3;3-4,10H,9H2,1-2H3. The summed E-state index contributed by atoms with van der Waals surface area (Å²) >= 11 is 0. The number of anilines is 2. The van der Waals surface area contributed by atoms with Crippen LogP contribution in [0.2, 0.25) is 0 Å². The number of nitrogen functional groups attached to an aromatic ring is 2. The van der Waals surface area contributed by atoms with E-state index in [2.05, 4.69) is 0 Å². The number of hydrogen-bond acceptors (Lipinski definition) is 6. The molecule has 0 radical (unpaired) electrons. The summed E-state index contributed by atoms with van der Waals surface area (Å²) in [5.41, 5.74) is 14.8. The van der Waals surface area contributed by atoms with Crippen molar-refractivity contribution in [2.75, 3.05) is 25.7 Å². The first-order valence-electron chi connectivity index (χ1n) is 6.99. The average Bonchev–Trinajstić information content (AvgIpc) is 2.54. The first-order chi connectivity index (χ1) is 10.7. The van der Waals surface area contributed by atoms with Crippen LogP contribution in [0.4, 0.5) is 11.4 Å². The number of phenols is 2. The summed E-state index contributed by atoms with van der Waals surface area (Å²) in [6, 6.07) is 5.17. The minimum atomic E-state index is -0.0700. The third-order valence-electron chi connectivity index (χ3n) is 3.65. The topological polar surface area (TPSA) is 111 Å². The van der Waals surface area contributed by atoms with Gasteiger partial charge in [0.05, 0.1) is 25.6 Å². The van der Waals surface area contributed by atoms with E-state index in [1.165, 1.54) is 14.2 Å². The minimum absolute atomic E-state index is 0.0700. The van der Waals surface area contributed by atoms with Crippen molar-refractivity contribution in [2.24, 2.45) is 0 Å². The fourth-order valence-electron chi connectivity index (χ4n) is 1.94. The largest absolute Gasteiger partial charge is 0.506 e. The Labute approximate surface area is 136 Å². The van der Waals surface area contributed by atoms with Crippen molar-refractivity contribution in [3.63, 3.8) is 0 Å². The lowest BCUT2D eigenvalue weighted by Crippen LogP contribution is -1.96. The van der Waals surface area contributed by atoms with Crippen molar-refractivity contribution >= 4 is 11.4 Å². The Balaban J connectivity index is 0.000000238. The Morgan fingerprint density at radius 1 is 0.870 bits per heavy atom. The lowest BCUT2D eigenvalue weighted by atomic mass is 10.1. The molecule has 0 saturated heterocycles. The summed E-state index contributed by atoms with van der Waals surface area (Å²) in [5, 5.41) is 18.7. The van der Waals surface area contributed by atoms with Gasteiger partial charge in [0.25, 0.3) is 0 Å². The molecule has 0 aliphatic rings. The van der Waals surface area contributed by atoms with Crippen LogP contribution >= 0.6 is 0 Å². The molecule has 0 unspecified atom stereocenters. The van der Waals surface area contributed by atoms with Gasteiger partial charge in [-0.15, -0.1) is 0 Å². The van der Waals surface area contributed by atoms with Gasteiger partial charge < -0.3 is 31.2 Å². The molecule has 126 valence electrons. The van der Waals surface area contributed by atoms with Crippen LogP contribution in [-0.4, -0.2) is 24.4 Å². The van der Waals surface area contributed by atoms with Crippen molar-refractivity contribution in [3.05, 3.63) is 34.9 Å². The van der Waals surface area contributed by atoms with Gasteiger partial charge in [0.1, 0.15) is 5.75 Å². The highest BCUT2D eigenvalue weighted by molar-refractivity contribution is 5.68. The third-order valence-corrected chi connectivity index (χ3v) is 3.65. The van der Waals surface area contributed by atoms with E-state index >= 15 is 0 Å². The molecular weight excluding hydrogens is 296 g/mol. The van der Waals surface area contributed by atoms with Gasteiger partial charge in [-0.1, -0.05) is 6.07 Å². The van der Waals surface area contributed by atoms with Crippen LogP contribution in [-0.2, 0) is 0 Å². The molecule has 0 aromatic heterocycles. The van der Waals surface area contributed by atoms with Crippen molar-refractivity contribution in [2.45, 2.75) is 20.8 Å². The van der Waals surface area contributed by atoms with E-state index in [-0.39, 0.29) is 17.2 Å². The molecule has 2 aromatic rings. The molecule has 0 atom stereocenters. The molecule has 2 rings (SSSR count). The van der Waals surface area contributed by atoms with Crippen LogP contribution in [0.5, 0.6) is 23.0 Å². The SMILES string of the molecule is COc1cc(C)c(N)c(O)c1OC.Cc1ccc(O)c(N)c1C. The van der Waals surface area contributed by atoms with E-state index < -0.39 is 0 Å². The molecule has 0 heterocycles. The van der Waals surface area contributed by atoms with E-state index in [0.717, 1.165) is 16.7 Å². The first kappa shape index (κ1) is 18.3. The Bertz CT molecular complexity index is 673. The highest BCUT2D eigenvalue weighted by atomic mass is 16.5. The number of hydrogen-bond donors (Lipinski definition) is 4. The summed E-state index contributed by atoms with van der Waals surface area (Å²) in [6.45, 7) is 5.65. The monoisotopic (exact) mass is 320 g/mol. The molecule has 0 fully saturated rings. The molecule has 0 bridgehead atoms. The highest BCUT2D eigenvalue weighted by Crippen LogP contribution is 2.42. The summed E-state index contributed by atoms with van der Waals surface area (Å²) in [5.74, 6) is 0.847. The molecule has 0 aliphatic heterocycles. The lowest BCUT2D eigenvalue weighted by molar-refractivity contribution is 0.333. The van der Waals surface area contributed by atoms with Crippen LogP contribution in [0.25, 0.3) is 0 Å². The second kappa shape index (κ2) is 7.49. The van der Waals surface area contributed by atoms with Gasteiger partial charge in [-0.3, -0.25) is 0 Å². The van der Waals surface area contributed by atoms with Crippen molar-refractivity contribution in [3.8, 4) is 23.0 Å². The maximum Gasteiger partial charge on any atom is 0.205 e. The Morgan fingerprint density at radius 3 is 1.96 bits per heavy atom. The maximum absolute atomic E-state index is 9.56. The maximum atomic E-state index is 9.56. The molecule has 6 N–H and O–H groups in total. The number of aromatic hydroxyl groups is 2. The van der Waals surface area contributed by atoms with Gasteiger partial charge in [0, 0.05) is 0 Å². The van der Waals surface area contributed by atoms with E-state index in [1.54, 1.807) is 19.1 Å². The van der Waals surface area contributed by atoms with Gasteiger partial charge in [0.2, 0.25) is 5.75 Å². The highest BCUT2D eigenvalue weighted by Gasteiger charge is 2.14. The van der Waals surface area contributed by atoms with Crippen LogP contribution in [0.15, 0.2) is 18.2 Å². The normalized spacial score (nSPS) is 9.78. The molecule has 6 heteroatoms. The summed E-state index contributed by atoms with van der Waals surface area (Å²) in [4.78, 5) is 0. The minimum Gasteiger partial charge on any atom is -0.506 e. The number of phenolic OH excluding ortho intramolecular Hbond substituents is 2. The smallest absolute Gasteiger partial charge is 0.205 e. The molecular formula is C17H24N2O4. The van der Waals surface area contributed by atoms with Crippen LogP contribution in [0.3, 0.4) is 0 Å². The van der Waals surface area contributed by atoms with Crippen LogP contribution < -0.4 is 20.9 Å². The van der Waals surface area contributed by atoms with Crippen molar-refractivity contribution < 1.29 is 19.7 Å². The van der Waals surface area contributed by atoms with E-state index in [1.807, 2.05) is 19.9 Å². The molecule has 0 aliphatic carbocycles. The van der Waals surface area contributed by atoms with Crippen LogP contribution in [0, 0.1) is 20.8 Å². The van der Waals surface area contributed by atoms with Gasteiger partial charge in [0.15, 0.2) is 11.5 Å². The first-order valence-corrected chi connectivity index (χ1v) is 6.99. The van der Waals surface area contributed by atoms with E-state index in [4.69, 9.17) is 26.0 Å². The third kappa shape index (κ3) is 3.91. The molecule has 2 aromatic carbocycles. The number of benzene rings is 2. The predicted molar refractivity (Wildman–Crippen MR) is 92.4 cm³/mol. The average molecular weight is 320 g/mol. The Morgan fingerprint density at radius 2 is 1.48 bits per heavy atom.